The highest BCUT2D eigenvalue weighted by Crippen LogP contribution is 2.18. The first kappa shape index (κ1) is 9.97. The monoisotopic (exact) mass is 212 g/mol. The predicted octanol–water partition coefficient (Wildman–Crippen LogP) is 2.21. The third kappa shape index (κ3) is 2.47. The molecule has 0 spiro atoms. The van der Waals surface area contributed by atoms with Gasteiger partial charge in [-0.3, -0.25) is 0 Å². The van der Waals surface area contributed by atoms with Crippen LogP contribution in [0, 0.1) is 0 Å². The van der Waals surface area contributed by atoms with Crippen molar-refractivity contribution >= 4 is 11.6 Å². The average Bonchev–Trinajstić information content (AvgIpc) is 2.72. The van der Waals surface area contributed by atoms with Crippen LogP contribution in [0.2, 0.25) is 0 Å². The van der Waals surface area contributed by atoms with Crippen molar-refractivity contribution in [3.63, 3.8) is 0 Å². The van der Waals surface area contributed by atoms with Gasteiger partial charge in [0.05, 0.1) is 18.6 Å². The highest BCUT2D eigenvalue weighted by molar-refractivity contribution is 6.21. The molecule has 1 heterocycles. The molecule has 1 aliphatic heterocycles. The van der Waals surface area contributed by atoms with Gasteiger partial charge in [-0.1, -0.05) is 30.3 Å². The maximum Gasteiger partial charge on any atom is 0.174 e. The molecular formula is C11H13ClO2. The average molecular weight is 213 g/mol. The van der Waals surface area contributed by atoms with Crippen molar-refractivity contribution in [1.82, 2.24) is 0 Å². The second-order valence-electron chi connectivity index (χ2n) is 3.32. The summed E-state index contributed by atoms with van der Waals surface area (Å²) in [5, 5.41) is -0.0973. The Morgan fingerprint density at radius 1 is 1.21 bits per heavy atom. The van der Waals surface area contributed by atoms with Crippen molar-refractivity contribution in [2.45, 2.75) is 18.1 Å². The molecule has 0 N–H and O–H groups in total. The summed E-state index contributed by atoms with van der Waals surface area (Å²) in [6, 6.07) is 10.1. The number of alkyl halides is 1. The number of hydrogen-bond donors (Lipinski definition) is 0. The van der Waals surface area contributed by atoms with Crippen LogP contribution in [0.3, 0.4) is 0 Å². The maximum atomic E-state index is 6.17. The molecule has 0 aromatic heterocycles. The van der Waals surface area contributed by atoms with Gasteiger partial charge in [0, 0.05) is 0 Å². The zero-order valence-corrected chi connectivity index (χ0v) is 8.61. The first-order chi connectivity index (χ1) is 6.86. The molecule has 0 amide bonds. The van der Waals surface area contributed by atoms with E-state index in [1.807, 2.05) is 18.2 Å². The lowest BCUT2D eigenvalue weighted by atomic mass is 10.1. The van der Waals surface area contributed by atoms with E-state index in [4.69, 9.17) is 21.1 Å². The van der Waals surface area contributed by atoms with Gasteiger partial charge >= 0.3 is 0 Å². The van der Waals surface area contributed by atoms with E-state index in [9.17, 15) is 0 Å². The number of rotatable bonds is 3. The van der Waals surface area contributed by atoms with Gasteiger partial charge in [-0.25, -0.2) is 0 Å². The van der Waals surface area contributed by atoms with E-state index in [0.29, 0.717) is 13.2 Å². The second-order valence-corrected chi connectivity index (χ2v) is 3.88. The van der Waals surface area contributed by atoms with E-state index in [0.717, 1.165) is 6.42 Å². The Balaban J connectivity index is 1.90. The molecule has 2 rings (SSSR count). The minimum absolute atomic E-state index is 0.0973. The van der Waals surface area contributed by atoms with Crippen molar-refractivity contribution in [1.29, 1.82) is 0 Å². The van der Waals surface area contributed by atoms with Gasteiger partial charge in [-0.15, -0.1) is 11.6 Å². The summed E-state index contributed by atoms with van der Waals surface area (Å²) in [4.78, 5) is 0. The molecule has 1 aromatic rings. The molecule has 1 atom stereocenters. The Morgan fingerprint density at radius 3 is 2.50 bits per heavy atom. The van der Waals surface area contributed by atoms with Gasteiger partial charge in [0.2, 0.25) is 0 Å². The Kier molecular flexibility index (Phi) is 3.40. The van der Waals surface area contributed by atoms with Crippen LogP contribution >= 0.6 is 11.6 Å². The van der Waals surface area contributed by atoms with E-state index in [1.165, 1.54) is 5.56 Å². The molecule has 0 radical (unpaired) electrons. The third-order valence-corrected chi connectivity index (χ3v) is 2.58. The zero-order valence-electron chi connectivity index (χ0n) is 7.86. The van der Waals surface area contributed by atoms with Crippen LogP contribution in [0.5, 0.6) is 0 Å². The molecule has 1 aromatic carbocycles. The number of hydrogen-bond acceptors (Lipinski definition) is 2. The molecule has 3 heteroatoms. The van der Waals surface area contributed by atoms with Crippen LogP contribution in [0.4, 0.5) is 0 Å². The van der Waals surface area contributed by atoms with Crippen LogP contribution in [0.1, 0.15) is 5.56 Å². The SMILES string of the molecule is ClC(Cc1ccccc1)C1OCCO1. The Labute approximate surface area is 88.8 Å². The third-order valence-electron chi connectivity index (χ3n) is 2.22. The summed E-state index contributed by atoms with van der Waals surface area (Å²) in [6.07, 6.45) is 0.546. The standard InChI is InChI=1S/C11H13ClO2/c12-10(11-13-6-7-14-11)8-9-4-2-1-3-5-9/h1-5,10-11H,6-8H2. The molecular weight excluding hydrogens is 200 g/mol. The molecule has 14 heavy (non-hydrogen) atoms. The maximum absolute atomic E-state index is 6.17. The zero-order chi connectivity index (χ0) is 9.80. The Hall–Kier alpha value is -0.570. The van der Waals surface area contributed by atoms with E-state index in [2.05, 4.69) is 12.1 Å². The van der Waals surface area contributed by atoms with Gasteiger partial charge in [0.15, 0.2) is 6.29 Å². The smallest absolute Gasteiger partial charge is 0.174 e. The van der Waals surface area contributed by atoms with Gasteiger partial charge in [-0.2, -0.15) is 0 Å². The minimum atomic E-state index is -0.239. The number of halogens is 1. The van der Waals surface area contributed by atoms with Crippen molar-refractivity contribution in [3.8, 4) is 0 Å². The van der Waals surface area contributed by atoms with Crippen LogP contribution in [-0.2, 0) is 15.9 Å². The summed E-state index contributed by atoms with van der Waals surface area (Å²) in [7, 11) is 0. The summed E-state index contributed by atoms with van der Waals surface area (Å²) in [6.45, 7) is 1.31. The summed E-state index contributed by atoms with van der Waals surface area (Å²) < 4.78 is 10.7. The fraction of sp³-hybridized carbons (Fsp3) is 0.455. The van der Waals surface area contributed by atoms with E-state index >= 15 is 0 Å². The molecule has 0 bridgehead atoms. The van der Waals surface area contributed by atoms with Crippen molar-refractivity contribution in [2.75, 3.05) is 13.2 Å². The molecule has 1 aliphatic rings. The summed E-state index contributed by atoms with van der Waals surface area (Å²) in [5.41, 5.74) is 1.21. The van der Waals surface area contributed by atoms with Gasteiger partial charge < -0.3 is 9.47 Å². The number of ether oxygens (including phenoxy) is 2. The van der Waals surface area contributed by atoms with Crippen LogP contribution in [0.15, 0.2) is 30.3 Å². The van der Waals surface area contributed by atoms with Crippen molar-refractivity contribution in [2.24, 2.45) is 0 Å². The quantitative estimate of drug-likeness (QED) is 0.716. The Bertz CT molecular complexity index is 270. The largest absolute Gasteiger partial charge is 0.349 e. The molecule has 0 saturated carbocycles. The highest BCUT2D eigenvalue weighted by Gasteiger charge is 2.24. The van der Waals surface area contributed by atoms with Gasteiger partial charge in [0.1, 0.15) is 0 Å². The van der Waals surface area contributed by atoms with Crippen molar-refractivity contribution < 1.29 is 9.47 Å². The fourth-order valence-electron chi connectivity index (χ4n) is 1.52. The predicted molar refractivity (Wildman–Crippen MR) is 55.5 cm³/mol. The molecule has 76 valence electrons. The first-order valence-corrected chi connectivity index (χ1v) is 5.21. The lowest BCUT2D eigenvalue weighted by Gasteiger charge is -2.15. The molecule has 1 unspecified atom stereocenters. The van der Waals surface area contributed by atoms with E-state index in [-0.39, 0.29) is 11.7 Å². The number of benzene rings is 1. The summed E-state index contributed by atoms with van der Waals surface area (Å²) in [5.74, 6) is 0. The van der Waals surface area contributed by atoms with Crippen LogP contribution < -0.4 is 0 Å². The second kappa shape index (κ2) is 4.78. The molecule has 1 fully saturated rings. The van der Waals surface area contributed by atoms with E-state index in [1.54, 1.807) is 0 Å². The van der Waals surface area contributed by atoms with Gasteiger partial charge in [-0.05, 0) is 12.0 Å². The molecule has 0 aliphatic carbocycles. The minimum Gasteiger partial charge on any atom is -0.349 e. The van der Waals surface area contributed by atoms with Crippen LogP contribution in [0.25, 0.3) is 0 Å². The normalized spacial score (nSPS) is 19.8. The van der Waals surface area contributed by atoms with Gasteiger partial charge in [0.25, 0.3) is 0 Å². The molecule has 1 saturated heterocycles. The lowest BCUT2D eigenvalue weighted by Crippen LogP contribution is -2.23. The van der Waals surface area contributed by atoms with E-state index < -0.39 is 0 Å². The highest BCUT2D eigenvalue weighted by atomic mass is 35.5. The van der Waals surface area contributed by atoms with Crippen molar-refractivity contribution in [3.05, 3.63) is 35.9 Å². The summed E-state index contributed by atoms with van der Waals surface area (Å²) >= 11 is 6.17. The van der Waals surface area contributed by atoms with Crippen LogP contribution in [-0.4, -0.2) is 24.9 Å². The first-order valence-electron chi connectivity index (χ1n) is 4.77. The Morgan fingerprint density at radius 2 is 1.86 bits per heavy atom. The fourth-order valence-corrected chi connectivity index (χ4v) is 1.84. The molecule has 2 nitrogen and oxygen atoms in total. The lowest BCUT2D eigenvalue weighted by molar-refractivity contribution is -0.0430. The topological polar surface area (TPSA) is 18.5 Å².